The molecule has 2 aromatic heterocycles. The van der Waals surface area contributed by atoms with E-state index in [4.69, 9.17) is 0 Å². The number of rotatable bonds is 4. The number of aliphatic carboxylic acids is 1. The number of hydrogen-bond acceptors (Lipinski definition) is 4. The van der Waals surface area contributed by atoms with Gasteiger partial charge in [0.15, 0.2) is 0 Å². The molecule has 0 bridgehead atoms. The maximum Gasteiger partial charge on any atom is 0.326 e. The molecular weight excluding hydrogens is 312 g/mol. The van der Waals surface area contributed by atoms with Crippen LogP contribution in [0.3, 0.4) is 0 Å². The van der Waals surface area contributed by atoms with Gasteiger partial charge in [0.25, 0.3) is 5.56 Å². The molecule has 0 aliphatic rings. The highest BCUT2D eigenvalue weighted by atomic mass is 32.1. The SMILES string of the molecule is CC[C@@H](C(=O)O)n1cnc2scc(-c3ccc(C)cc3)c2c1=O. The lowest BCUT2D eigenvalue weighted by Gasteiger charge is -2.13. The Morgan fingerprint density at radius 1 is 1.35 bits per heavy atom. The smallest absolute Gasteiger partial charge is 0.326 e. The maximum atomic E-state index is 12.8. The molecule has 23 heavy (non-hydrogen) atoms. The molecule has 1 atom stereocenters. The van der Waals surface area contributed by atoms with Crippen LogP contribution in [0.15, 0.2) is 40.8 Å². The highest BCUT2D eigenvalue weighted by Gasteiger charge is 2.21. The highest BCUT2D eigenvalue weighted by Crippen LogP contribution is 2.31. The molecule has 0 radical (unpaired) electrons. The molecule has 0 amide bonds. The van der Waals surface area contributed by atoms with Crippen LogP contribution in [0.4, 0.5) is 0 Å². The van der Waals surface area contributed by atoms with Gasteiger partial charge in [-0.3, -0.25) is 9.36 Å². The molecule has 0 saturated carbocycles. The quantitative estimate of drug-likeness (QED) is 0.796. The summed E-state index contributed by atoms with van der Waals surface area (Å²) in [4.78, 5) is 29.1. The standard InChI is InChI=1S/C17H16N2O3S/c1-3-13(17(21)22)19-9-18-15-14(16(19)20)12(8-23-15)11-6-4-10(2)5-7-11/h4-9,13H,3H2,1-2H3,(H,21,22)/t13-/m0/s1. The zero-order chi connectivity index (χ0) is 16.6. The Morgan fingerprint density at radius 2 is 2.04 bits per heavy atom. The van der Waals surface area contributed by atoms with Crippen LogP contribution < -0.4 is 5.56 Å². The summed E-state index contributed by atoms with van der Waals surface area (Å²) in [6.45, 7) is 3.74. The molecule has 118 valence electrons. The van der Waals surface area contributed by atoms with Crippen LogP contribution in [-0.4, -0.2) is 20.6 Å². The molecule has 1 N–H and O–H groups in total. The lowest BCUT2D eigenvalue weighted by atomic mass is 10.0. The largest absolute Gasteiger partial charge is 0.480 e. The number of hydrogen-bond donors (Lipinski definition) is 1. The summed E-state index contributed by atoms with van der Waals surface area (Å²) in [5.41, 5.74) is 2.57. The van der Waals surface area contributed by atoms with Crippen LogP contribution in [0, 0.1) is 6.92 Å². The summed E-state index contributed by atoms with van der Waals surface area (Å²) < 4.78 is 1.22. The molecule has 3 rings (SSSR count). The van der Waals surface area contributed by atoms with Crippen molar-refractivity contribution in [3.8, 4) is 11.1 Å². The molecule has 0 aliphatic carbocycles. The van der Waals surface area contributed by atoms with Crippen molar-refractivity contribution in [2.45, 2.75) is 26.3 Å². The third-order valence-electron chi connectivity index (χ3n) is 3.89. The molecule has 1 aromatic carbocycles. The number of thiophene rings is 1. The van der Waals surface area contributed by atoms with E-state index in [1.165, 1.54) is 22.2 Å². The summed E-state index contributed by atoms with van der Waals surface area (Å²) in [6.07, 6.45) is 1.66. The molecule has 0 spiro atoms. The average molecular weight is 328 g/mol. The minimum absolute atomic E-state index is 0.305. The van der Waals surface area contributed by atoms with Crippen molar-refractivity contribution >= 4 is 27.5 Å². The minimum Gasteiger partial charge on any atom is -0.480 e. The Labute approximate surface area is 136 Å². The molecular formula is C17H16N2O3S. The number of aromatic nitrogens is 2. The van der Waals surface area contributed by atoms with Gasteiger partial charge in [-0.05, 0) is 18.9 Å². The van der Waals surface area contributed by atoms with Crippen LogP contribution >= 0.6 is 11.3 Å². The van der Waals surface area contributed by atoms with E-state index in [0.29, 0.717) is 16.6 Å². The van der Waals surface area contributed by atoms with Crippen LogP contribution in [0.5, 0.6) is 0 Å². The van der Waals surface area contributed by atoms with Crippen molar-refractivity contribution in [3.63, 3.8) is 0 Å². The monoisotopic (exact) mass is 328 g/mol. The van der Waals surface area contributed by atoms with Crippen LogP contribution in [0.25, 0.3) is 21.3 Å². The lowest BCUT2D eigenvalue weighted by Crippen LogP contribution is -2.29. The Hall–Kier alpha value is -2.47. The van der Waals surface area contributed by atoms with Crippen molar-refractivity contribution in [1.29, 1.82) is 0 Å². The second kappa shape index (κ2) is 5.96. The van der Waals surface area contributed by atoms with E-state index in [2.05, 4.69) is 4.98 Å². The first kappa shape index (κ1) is 15.4. The van der Waals surface area contributed by atoms with Gasteiger partial charge >= 0.3 is 5.97 Å². The molecule has 6 heteroatoms. The molecule has 2 heterocycles. The van der Waals surface area contributed by atoms with E-state index in [-0.39, 0.29) is 5.56 Å². The van der Waals surface area contributed by atoms with Gasteiger partial charge in [-0.15, -0.1) is 11.3 Å². The zero-order valence-corrected chi connectivity index (χ0v) is 13.6. The topological polar surface area (TPSA) is 72.2 Å². The van der Waals surface area contributed by atoms with Gasteiger partial charge in [0, 0.05) is 10.9 Å². The van der Waals surface area contributed by atoms with E-state index in [1.807, 2.05) is 36.6 Å². The van der Waals surface area contributed by atoms with Gasteiger partial charge in [0.05, 0.1) is 11.7 Å². The fourth-order valence-corrected chi connectivity index (χ4v) is 3.51. The first-order valence-corrected chi connectivity index (χ1v) is 8.19. The summed E-state index contributed by atoms with van der Waals surface area (Å²) in [5.74, 6) is -1.03. The fraction of sp³-hybridized carbons (Fsp3) is 0.235. The molecule has 5 nitrogen and oxygen atoms in total. The highest BCUT2D eigenvalue weighted by molar-refractivity contribution is 7.17. The van der Waals surface area contributed by atoms with E-state index >= 15 is 0 Å². The zero-order valence-electron chi connectivity index (χ0n) is 12.8. The number of carboxylic acids is 1. The third-order valence-corrected chi connectivity index (χ3v) is 4.78. The third kappa shape index (κ3) is 2.66. The maximum absolute atomic E-state index is 12.8. The predicted octanol–water partition coefficient (Wildman–Crippen LogP) is 3.47. The van der Waals surface area contributed by atoms with Crippen molar-refractivity contribution in [3.05, 3.63) is 51.9 Å². The molecule has 0 fully saturated rings. The van der Waals surface area contributed by atoms with Gasteiger partial charge in [0.1, 0.15) is 10.9 Å². The summed E-state index contributed by atoms with van der Waals surface area (Å²) in [6, 6.07) is 6.99. The van der Waals surface area contributed by atoms with Gasteiger partial charge in [-0.1, -0.05) is 36.8 Å². The van der Waals surface area contributed by atoms with Crippen molar-refractivity contribution < 1.29 is 9.90 Å². The first-order chi connectivity index (χ1) is 11.0. The Bertz CT molecular complexity index is 925. The summed E-state index contributed by atoms with van der Waals surface area (Å²) in [5, 5.41) is 11.7. The van der Waals surface area contributed by atoms with E-state index < -0.39 is 12.0 Å². The second-order valence-corrected chi connectivity index (χ2v) is 6.27. The fourth-order valence-electron chi connectivity index (χ4n) is 2.60. The molecule has 0 aliphatic heterocycles. The number of carbonyl (C=O) groups is 1. The van der Waals surface area contributed by atoms with Crippen LogP contribution in [0.1, 0.15) is 24.9 Å². The first-order valence-electron chi connectivity index (χ1n) is 7.31. The van der Waals surface area contributed by atoms with Crippen molar-refractivity contribution in [2.75, 3.05) is 0 Å². The number of fused-ring (bicyclic) bond motifs is 1. The van der Waals surface area contributed by atoms with Gasteiger partial charge in [-0.2, -0.15) is 0 Å². The molecule has 3 aromatic rings. The van der Waals surface area contributed by atoms with Gasteiger partial charge < -0.3 is 5.11 Å². The van der Waals surface area contributed by atoms with Crippen molar-refractivity contribution in [1.82, 2.24) is 9.55 Å². The van der Waals surface area contributed by atoms with E-state index in [0.717, 1.165) is 16.7 Å². The second-order valence-electron chi connectivity index (χ2n) is 5.41. The number of nitrogens with zero attached hydrogens (tertiary/aromatic N) is 2. The number of benzene rings is 1. The lowest BCUT2D eigenvalue weighted by molar-refractivity contribution is -0.141. The molecule has 0 saturated heterocycles. The Balaban J connectivity index is 2.24. The van der Waals surface area contributed by atoms with Crippen molar-refractivity contribution in [2.24, 2.45) is 0 Å². The molecule has 0 unspecified atom stereocenters. The van der Waals surface area contributed by atoms with Gasteiger partial charge in [0.2, 0.25) is 0 Å². The Morgan fingerprint density at radius 3 is 2.65 bits per heavy atom. The van der Waals surface area contributed by atoms with Crippen LogP contribution in [0.2, 0.25) is 0 Å². The minimum atomic E-state index is -1.03. The predicted molar refractivity (Wildman–Crippen MR) is 91.0 cm³/mol. The number of aryl methyl sites for hydroxylation is 1. The van der Waals surface area contributed by atoms with Crippen LogP contribution in [-0.2, 0) is 4.79 Å². The normalized spacial score (nSPS) is 12.4. The summed E-state index contributed by atoms with van der Waals surface area (Å²) in [7, 11) is 0. The number of carboxylic acid groups (broad SMARTS) is 1. The van der Waals surface area contributed by atoms with E-state index in [1.54, 1.807) is 6.92 Å². The van der Waals surface area contributed by atoms with E-state index in [9.17, 15) is 14.7 Å². The summed E-state index contributed by atoms with van der Waals surface area (Å²) >= 11 is 1.39. The van der Waals surface area contributed by atoms with Gasteiger partial charge in [-0.25, -0.2) is 9.78 Å². The average Bonchev–Trinajstić information content (AvgIpc) is 2.95. The Kier molecular flexibility index (Phi) is 4.00.